The van der Waals surface area contributed by atoms with Crippen molar-refractivity contribution in [3.05, 3.63) is 90.0 Å². The highest BCUT2D eigenvalue weighted by molar-refractivity contribution is 7.92. The summed E-state index contributed by atoms with van der Waals surface area (Å²) in [6.07, 6.45) is 1.36. The third-order valence-electron chi connectivity index (χ3n) is 4.48. The molecular formula is C23H22F2N2O4S. The summed E-state index contributed by atoms with van der Waals surface area (Å²) in [7, 11) is -3.99. The normalized spacial score (nSPS) is 11.1. The summed E-state index contributed by atoms with van der Waals surface area (Å²) in [6.45, 7) is 0.851. The number of unbranched alkanes of at least 4 members (excludes halogenated alkanes) is 1. The number of sulfonamides is 1. The number of hydrogen-bond acceptors (Lipinski definition) is 4. The number of halogens is 2. The van der Waals surface area contributed by atoms with Crippen LogP contribution in [0.2, 0.25) is 0 Å². The molecule has 0 heterocycles. The fourth-order valence-electron chi connectivity index (χ4n) is 2.79. The highest BCUT2D eigenvalue weighted by Gasteiger charge is 2.16. The molecule has 0 spiro atoms. The van der Waals surface area contributed by atoms with Crippen LogP contribution >= 0.6 is 0 Å². The van der Waals surface area contributed by atoms with Gasteiger partial charge in [-0.3, -0.25) is 9.52 Å². The van der Waals surface area contributed by atoms with Crippen molar-refractivity contribution in [3.63, 3.8) is 0 Å². The fraction of sp³-hybridized carbons (Fsp3) is 0.174. The van der Waals surface area contributed by atoms with E-state index >= 15 is 0 Å². The van der Waals surface area contributed by atoms with Crippen molar-refractivity contribution < 1.29 is 26.7 Å². The first kappa shape index (κ1) is 23.2. The average Bonchev–Trinajstić information content (AvgIpc) is 2.79. The monoisotopic (exact) mass is 460 g/mol. The van der Waals surface area contributed by atoms with Crippen LogP contribution in [-0.2, 0) is 10.0 Å². The largest absolute Gasteiger partial charge is 0.494 e. The number of nitrogens with one attached hydrogen (secondary N) is 2. The molecular weight excluding hydrogens is 438 g/mol. The van der Waals surface area contributed by atoms with Gasteiger partial charge in [0.25, 0.3) is 15.9 Å². The van der Waals surface area contributed by atoms with E-state index in [1.807, 2.05) is 0 Å². The Morgan fingerprint density at radius 2 is 1.56 bits per heavy atom. The van der Waals surface area contributed by atoms with E-state index in [1.54, 1.807) is 12.1 Å². The van der Waals surface area contributed by atoms with Crippen molar-refractivity contribution in [2.45, 2.75) is 17.7 Å². The van der Waals surface area contributed by atoms with Gasteiger partial charge in [-0.1, -0.05) is 12.1 Å². The summed E-state index contributed by atoms with van der Waals surface area (Å²) < 4.78 is 59.0. The van der Waals surface area contributed by atoms with Crippen LogP contribution in [0, 0.1) is 11.6 Å². The van der Waals surface area contributed by atoms with Crippen LogP contribution in [0.15, 0.2) is 77.7 Å². The number of amides is 1. The lowest BCUT2D eigenvalue weighted by Gasteiger charge is -2.10. The molecule has 0 aliphatic carbocycles. The first-order chi connectivity index (χ1) is 15.3. The van der Waals surface area contributed by atoms with Gasteiger partial charge in [-0.15, -0.1) is 0 Å². The van der Waals surface area contributed by atoms with Crippen LogP contribution in [0.1, 0.15) is 23.2 Å². The van der Waals surface area contributed by atoms with E-state index in [1.165, 1.54) is 54.6 Å². The van der Waals surface area contributed by atoms with Gasteiger partial charge < -0.3 is 10.1 Å². The van der Waals surface area contributed by atoms with Gasteiger partial charge in [0.15, 0.2) is 0 Å². The van der Waals surface area contributed by atoms with E-state index in [-0.39, 0.29) is 22.3 Å². The minimum atomic E-state index is -3.99. The van der Waals surface area contributed by atoms with Gasteiger partial charge in [0, 0.05) is 12.1 Å². The SMILES string of the molecule is O=C(NCCCCOc1ccc(F)cc1)c1ccc(S(=O)(=O)Nc2ccccc2F)cc1. The van der Waals surface area contributed by atoms with Crippen LogP contribution in [0.3, 0.4) is 0 Å². The van der Waals surface area contributed by atoms with Gasteiger partial charge in [-0.25, -0.2) is 17.2 Å². The maximum atomic E-state index is 13.7. The number of para-hydroxylation sites is 1. The average molecular weight is 461 g/mol. The van der Waals surface area contributed by atoms with Gasteiger partial charge >= 0.3 is 0 Å². The van der Waals surface area contributed by atoms with Gasteiger partial charge in [0.05, 0.1) is 17.2 Å². The van der Waals surface area contributed by atoms with Crippen LogP contribution in [0.4, 0.5) is 14.5 Å². The number of carbonyl (C=O) groups is 1. The van der Waals surface area contributed by atoms with Crippen molar-refractivity contribution in [2.75, 3.05) is 17.9 Å². The number of rotatable bonds is 10. The van der Waals surface area contributed by atoms with Crippen molar-refractivity contribution in [1.82, 2.24) is 5.32 Å². The molecule has 3 rings (SSSR count). The predicted molar refractivity (Wildman–Crippen MR) is 117 cm³/mol. The fourth-order valence-corrected chi connectivity index (χ4v) is 3.85. The summed E-state index contributed by atoms with van der Waals surface area (Å²) in [4.78, 5) is 12.1. The second kappa shape index (κ2) is 10.7. The maximum Gasteiger partial charge on any atom is 0.261 e. The first-order valence-electron chi connectivity index (χ1n) is 9.89. The Morgan fingerprint density at radius 3 is 2.25 bits per heavy atom. The van der Waals surface area contributed by atoms with Crippen molar-refractivity contribution in [1.29, 1.82) is 0 Å². The molecule has 168 valence electrons. The Balaban J connectivity index is 1.44. The van der Waals surface area contributed by atoms with E-state index in [4.69, 9.17) is 4.74 Å². The lowest BCUT2D eigenvalue weighted by Crippen LogP contribution is -2.24. The van der Waals surface area contributed by atoms with Crippen LogP contribution in [-0.4, -0.2) is 27.5 Å². The van der Waals surface area contributed by atoms with Crippen LogP contribution in [0.5, 0.6) is 5.75 Å². The Hall–Kier alpha value is -3.46. The Kier molecular flexibility index (Phi) is 7.77. The molecule has 0 bridgehead atoms. The first-order valence-corrected chi connectivity index (χ1v) is 11.4. The molecule has 0 saturated carbocycles. The zero-order valence-corrected chi connectivity index (χ0v) is 17.9. The molecule has 1 amide bonds. The van der Waals surface area contributed by atoms with Gasteiger partial charge in [-0.2, -0.15) is 0 Å². The summed E-state index contributed by atoms with van der Waals surface area (Å²) in [6, 6.07) is 16.5. The summed E-state index contributed by atoms with van der Waals surface area (Å²) in [5.74, 6) is -0.771. The molecule has 9 heteroatoms. The molecule has 6 nitrogen and oxygen atoms in total. The number of carbonyl (C=O) groups excluding carboxylic acids is 1. The molecule has 3 aromatic rings. The molecule has 0 aliphatic heterocycles. The highest BCUT2D eigenvalue weighted by Crippen LogP contribution is 2.19. The standard InChI is InChI=1S/C23H22F2N2O4S/c24-18-9-11-19(12-10-18)31-16-4-3-15-26-23(28)17-7-13-20(14-8-17)32(29,30)27-22-6-2-1-5-21(22)25/h1-2,5-14,27H,3-4,15-16H2,(H,26,28). The molecule has 0 radical (unpaired) electrons. The number of anilines is 1. The van der Waals surface area contributed by atoms with Crippen molar-refractivity contribution in [2.24, 2.45) is 0 Å². The van der Waals surface area contributed by atoms with Gasteiger partial charge in [-0.05, 0) is 73.5 Å². The summed E-state index contributed by atoms with van der Waals surface area (Å²) in [5.41, 5.74) is 0.148. The van der Waals surface area contributed by atoms with E-state index in [0.29, 0.717) is 37.3 Å². The number of hydrogen-bond donors (Lipinski definition) is 2. The zero-order chi connectivity index (χ0) is 23.0. The summed E-state index contributed by atoms with van der Waals surface area (Å²) >= 11 is 0. The Bertz CT molecular complexity index is 1150. The van der Waals surface area contributed by atoms with Gasteiger partial charge in [0.1, 0.15) is 17.4 Å². The lowest BCUT2D eigenvalue weighted by molar-refractivity contribution is 0.0952. The second-order valence-electron chi connectivity index (χ2n) is 6.88. The molecule has 0 atom stereocenters. The molecule has 0 unspecified atom stereocenters. The molecule has 0 fully saturated rings. The van der Waals surface area contributed by atoms with Gasteiger partial charge in [0.2, 0.25) is 0 Å². The van der Waals surface area contributed by atoms with Crippen molar-refractivity contribution in [3.8, 4) is 5.75 Å². The molecule has 0 aliphatic rings. The Morgan fingerprint density at radius 1 is 0.875 bits per heavy atom. The highest BCUT2D eigenvalue weighted by atomic mass is 32.2. The topological polar surface area (TPSA) is 84.5 Å². The molecule has 0 saturated heterocycles. The van der Waals surface area contributed by atoms with E-state index in [0.717, 1.165) is 6.07 Å². The third-order valence-corrected chi connectivity index (χ3v) is 5.87. The minimum absolute atomic E-state index is 0.0877. The quantitative estimate of drug-likeness (QED) is 0.441. The van der Waals surface area contributed by atoms with Crippen LogP contribution in [0.25, 0.3) is 0 Å². The maximum absolute atomic E-state index is 13.7. The number of ether oxygens (including phenoxy) is 1. The minimum Gasteiger partial charge on any atom is -0.494 e. The zero-order valence-electron chi connectivity index (χ0n) is 17.1. The van der Waals surface area contributed by atoms with Crippen LogP contribution < -0.4 is 14.8 Å². The van der Waals surface area contributed by atoms with E-state index < -0.39 is 15.8 Å². The van der Waals surface area contributed by atoms with E-state index in [9.17, 15) is 22.0 Å². The smallest absolute Gasteiger partial charge is 0.261 e. The third kappa shape index (κ3) is 6.52. The second-order valence-corrected chi connectivity index (χ2v) is 8.56. The molecule has 32 heavy (non-hydrogen) atoms. The summed E-state index contributed by atoms with van der Waals surface area (Å²) in [5, 5.41) is 2.75. The number of benzene rings is 3. The van der Waals surface area contributed by atoms with E-state index in [2.05, 4.69) is 10.0 Å². The Labute approximate surface area is 185 Å². The predicted octanol–water partition coefficient (Wildman–Crippen LogP) is 4.35. The molecule has 0 aromatic heterocycles. The lowest BCUT2D eigenvalue weighted by atomic mass is 10.2. The molecule has 2 N–H and O–H groups in total. The molecule has 3 aromatic carbocycles. The van der Waals surface area contributed by atoms with Crippen molar-refractivity contribution >= 4 is 21.6 Å².